The molecule has 14 rings (SSSR count). The largest absolute Gasteiger partial charge is 0.497 e. The number of ether oxygens (including phenoxy) is 14. The number of aliphatic hydroxyl groups is 1. The van der Waals surface area contributed by atoms with Gasteiger partial charge >= 0.3 is 5.97 Å². The topological polar surface area (TPSA) is 213 Å². The molecule has 1 N–H and O–H groups in total. The van der Waals surface area contributed by atoms with Crippen LogP contribution in [0.5, 0.6) is 17.2 Å². The first-order valence-corrected chi connectivity index (χ1v) is 37.7. The number of aliphatic hydroxyl groups excluding tert-OH is 1. The van der Waals surface area contributed by atoms with Crippen LogP contribution in [0.2, 0.25) is 5.04 Å². The summed E-state index contributed by atoms with van der Waals surface area (Å²) in [5.74, 6) is -0.804. The van der Waals surface area contributed by atoms with Crippen molar-refractivity contribution in [2.45, 2.75) is 151 Å². The molecule has 0 saturated carbocycles. The zero-order chi connectivity index (χ0) is 73.3. The van der Waals surface area contributed by atoms with Crippen molar-refractivity contribution in [2.75, 3.05) is 27.4 Å². The van der Waals surface area contributed by atoms with Crippen LogP contribution in [0.4, 0.5) is 0 Å². The summed E-state index contributed by atoms with van der Waals surface area (Å²) in [5, 5.41) is 14.7. The number of benzene rings is 9. The quantitative estimate of drug-likeness (QED) is 0.0303. The first kappa shape index (κ1) is 73.6. The van der Waals surface area contributed by atoms with Gasteiger partial charge in [-0.15, -0.1) is 0 Å². The lowest BCUT2D eigenvalue weighted by Gasteiger charge is -2.53. The van der Waals surface area contributed by atoms with Crippen LogP contribution in [0.1, 0.15) is 87.3 Å². The zero-order valence-electron chi connectivity index (χ0n) is 59.8. The molecule has 550 valence electrons. The Balaban J connectivity index is 0.950. The fraction of sp³-hybridized carbons (Fsp3) is 0.329. The van der Waals surface area contributed by atoms with E-state index in [4.69, 9.17) is 70.7 Å². The molecule has 20 nitrogen and oxygen atoms in total. The number of esters is 1. The molecule has 4 saturated heterocycles. The van der Waals surface area contributed by atoms with Crippen molar-refractivity contribution in [3.8, 4) is 17.2 Å². The van der Waals surface area contributed by atoms with E-state index >= 15 is 9.59 Å². The molecular weight excluding hydrogens is 1370 g/mol. The van der Waals surface area contributed by atoms with Crippen molar-refractivity contribution in [2.24, 2.45) is 0 Å². The van der Waals surface area contributed by atoms with Crippen LogP contribution in [-0.2, 0) is 76.4 Å². The molecule has 0 radical (unpaired) electrons. The number of amides is 2. The first-order valence-electron chi connectivity index (χ1n) is 35.8. The first-order chi connectivity index (χ1) is 51.7. The van der Waals surface area contributed by atoms with E-state index in [1.807, 2.05) is 134 Å². The van der Waals surface area contributed by atoms with Gasteiger partial charge in [0.2, 0.25) is 6.29 Å². The number of hydrogen-bond donors (Lipinski definition) is 1. The van der Waals surface area contributed by atoms with E-state index in [1.54, 1.807) is 117 Å². The van der Waals surface area contributed by atoms with E-state index in [-0.39, 0.29) is 55.5 Å². The lowest BCUT2D eigenvalue weighted by molar-refractivity contribution is -0.392. The number of fused-ring (bicyclic) bond motifs is 2. The minimum atomic E-state index is -3.59. The summed E-state index contributed by atoms with van der Waals surface area (Å²) < 4.78 is 104. The number of carbonyl (C=O) groups is 3. The van der Waals surface area contributed by atoms with Gasteiger partial charge < -0.3 is 75.8 Å². The van der Waals surface area contributed by atoms with Crippen molar-refractivity contribution < 1.29 is 90.2 Å². The highest BCUT2D eigenvalue weighted by atomic mass is 28.4. The second-order valence-electron chi connectivity index (χ2n) is 27.8. The van der Waals surface area contributed by atoms with Gasteiger partial charge in [-0.1, -0.05) is 215 Å². The summed E-state index contributed by atoms with van der Waals surface area (Å²) in [4.78, 5) is 47.4. The molecule has 0 spiro atoms. The van der Waals surface area contributed by atoms with Crippen molar-refractivity contribution in [1.82, 2.24) is 4.90 Å². The summed E-state index contributed by atoms with van der Waals surface area (Å²) in [6.07, 6.45) is -20.1. The van der Waals surface area contributed by atoms with E-state index in [2.05, 4.69) is 45.0 Å². The zero-order valence-corrected chi connectivity index (χ0v) is 60.8. The van der Waals surface area contributed by atoms with Gasteiger partial charge in [0, 0.05) is 5.56 Å². The number of carbonyl (C=O) groups excluding carboxylic acids is 3. The standard InChI is InChI=1S/C85H87NO19Si/c1-54-71(93-49-55-27-13-7-14-28-55)76(94-50-56-29-15-8-16-30-56)77(95-51-57-31-17-9-18-32-57)84(98-54)105-74-69(86-78(88)65-39-25-26-40-66(65)79(86)89)82(99-62-47-45-61(92-6)46-48-62)100-68(53-97-106(85(2,3)4,63-35-21-11-22-36-63)64-37-23-12-24-38-64)72(74)104-83-70(87)75(102-80(90)58-33-19-10-20-34-58)73-67(101-83)52-96-81(103-73)59-41-43-60(91-5)44-42-59/h7-48,54,67-77,81-84,87H,49-53H2,1-6H3/t54-,67+,68+,69+,70+,71+,72+,73-,74+,75+,76+,77-,81?,82+,83-,84-/m0/s1. The Morgan fingerprint density at radius 1 is 0.500 bits per heavy atom. The average molecular weight is 1450 g/mol. The third-order valence-corrected chi connectivity index (χ3v) is 25.0. The molecule has 5 heterocycles. The molecule has 2 amide bonds. The highest BCUT2D eigenvalue weighted by Crippen LogP contribution is 2.45. The van der Waals surface area contributed by atoms with E-state index in [0.29, 0.717) is 17.1 Å². The van der Waals surface area contributed by atoms with Gasteiger partial charge in [-0.3, -0.25) is 14.5 Å². The van der Waals surface area contributed by atoms with Crippen LogP contribution in [0.25, 0.3) is 0 Å². The van der Waals surface area contributed by atoms with Gasteiger partial charge in [0.25, 0.3) is 20.1 Å². The minimum absolute atomic E-state index is 0.0185. The van der Waals surface area contributed by atoms with Crippen molar-refractivity contribution >= 4 is 36.5 Å². The lowest BCUT2D eigenvalue weighted by atomic mass is 9.93. The number of rotatable bonds is 26. The summed E-state index contributed by atoms with van der Waals surface area (Å²) in [7, 11) is -0.471. The highest BCUT2D eigenvalue weighted by molar-refractivity contribution is 6.99. The molecule has 106 heavy (non-hydrogen) atoms. The van der Waals surface area contributed by atoms with E-state index in [0.717, 1.165) is 32.0 Å². The minimum Gasteiger partial charge on any atom is -0.497 e. The van der Waals surface area contributed by atoms with Crippen molar-refractivity contribution in [3.63, 3.8) is 0 Å². The van der Waals surface area contributed by atoms with Gasteiger partial charge in [-0.2, -0.15) is 0 Å². The fourth-order valence-electron chi connectivity index (χ4n) is 14.7. The molecule has 9 aromatic rings. The van der Waals surface area contributed by atoms with Crippen LogP contribution in [0.15, 0.2) is 255 Å². The van der Waals surface area contributed by atoms with Crippen LogP contribution in [0.3, 0.4) is 0 Å². The Morgan fingerprint density at radius 3 is 1.50 bits per heavy atom. The fourth-order valence-corrected chi connectivity index (χ4v) is 19.3. The Bertz CT molecular complexity index is 4260. The molecule has 1 unspecified atom stereocenters. The molecule has 5 aliphatic rings. The molecule has 0 aliphatic carbocycles. The smallest absolute Gasteiger partial charge is 0.338 e. The molecular formula is C85H87NO19Si. The molecule has 5 aliphatic heterocycles. The molecule has 16 atom stereocenters. The second kappa shape index (κ2) is 33.3. The monoisotopic (exact) mass is 1450 g/mol. The van der Waals surface area contributed by atoms with Crippen molar-refractivity contribution in [3.05, 3.63) is 294 Å². The van der Waals surface area contributed by atoms with Gasteiger partial charge in [-0.05, 0) is 99.7 Å². The van der Waals surface area contributed by atoms with Crippen LogP contribution < -0.4 is 24.6 Å². The summed E-state index contributed by atoms with van der Waals surface area (Å²) in [6.45, 7) is 8.12. The van der Waals surface area contributed by atoms with E-state index in [9.17, 15) is 9.90 Å². The van der Waals surface area contributed by atoms with Gasteiger partial charge in [0.15, 0.2) is 25.0 Å². The SMILES string of the molecule is COc1ccc(O[C@@H]2O[C@H](CO[Si](c3ccccc3)(c3ccccc3)C(C)(C)C)[C@@H](O[C@@H]3O[C@@H]4COC(c5ccc(OC)cc5)O[C@@H]4[C@H](OC(=O)c4ccccc4)[C@H]3O)[C@H](O[C@@H]3O[C@@H](C)[C@@H](OCc4ccccc4)[C@@H](OCc4ccccc4)[C@@H]3OCc3ccccc3)[C@H]2N2C(=O)c3ccccc3C2=O)cc1. The van der Waals surface area contributed by atoms with Crippen LogP contribution >= 0.6 is 0 Å². The number of methoxy groups -OCH3 is 2. The summed E-state index contributed by atoms with van der Waals surface area (Å²) in [6, 6.07) is 76.4. The lowest BCUT2D eigenvalue weighted by Crippen LogP contribution is -2.72. The van der Waals surface area contributed by atoms with Gasteiger partial charge in [-0.25, -0.2) is 4.79 Å². The molecule has 9 aromatic carbocycles. The highest BCUT2D eigenvalue weighted by Gasteiger charge is 2.62. The Labute approximate surface area is 617 Å². The van der Waals surface area contributed by atoms with Crippen molar-refractivity contribution in [1.29, 1.82) is 0 Å². The Morgan fingerprint density at radius 2 is 0.972 bits per heavy atom. The Kier molecular flexibility index (Phi) is 23.1. The molecule has 4 fully saturated rings. The van der Waals surface area contributed by atoms with E-state index in [1.165, 1.54) is 0 Å². The second-order valence-corrected chi connectivity index (χ2v) is 32.1. The third-order valence-electron chi connectivity index (χ3n) is 20.0. The number of imide groups is 1. The maximum atomic E-state index is 15.8. The molecule has 0 aromatic heterocycles. The summed E-state index contributed by atoms with van der Waals surface area (Å²) >= 11 is 0. The van der Waals surface area contributed by atoms with Crippen LogP contribution in [0, 0.1) is 0 Å². The Hall–Kier alpha value is -9.27. The van der Waals surface area contributed by atoms with Gasteiger partial charge in [0.05, 0.1) is 70.0 Å². The maximum absolute atomic E-state index is 15.8. The average Bonchev–Trinajstić information content (AvgIpc) is 1.36. The predicted molar refractivity (Wildman–Crippen MR) is 393 cm³/mol. The molecule has 0 bridgehead atoms. The predicted octanol–water partition coefficient (Wildman–Crippen LogP) is 11.7. The molecule has 21 heteroatoms. The maximum Gasteiger partial charge on any atom is 0.338 e. The third kappa shape index (κ3) is 15.9. The number of hydrogen-bond acceptors (Lipinski definition) is 19. The normalized spacial score (nSPS) is 26.7. The van der Waals surface area contributed by atoms with Gasteiger partial charge in [0.1, 0.15) is 78.2 Å². The summed E-state index contributed by atoms with van der Waals surface area (Å²) in [5.41, 5.74) is 3.59. The number of nitrogens with zero attached hydrogens (tertiary/aromatic N) is 1. The van der Waals surface area contributed by atoms with Crippen LogP contribution in [-0.4, -0.2) is 156 Å². The van der Waals surface area contributed by atoms with E-state index < -0.39 is 129 Å².